The molecule has 2 heterocycles. The van der Waals surface area contributed by atoms with Crippen LogP contribution in [0.25, 0.3) is 0 Å². The monoisotopic (exact) mass is 380 g/mol. The molecule has 0 fully saturated rings. The van der Waals surface area contributed by atoms with E-state index in [1.165, 1.54) is 30.5 Å². The molecule has 1 aromatic heterocycles. The second kappa shape index (κ2) is 6.43. The predicted octanol–water partition coefficient (Wildman–Crippen LogP) is 2.60. The number of hydrazone groups is 1. The average molecular weight is 380 g/mol. The molecule has 3 rings (SSSR count). The second-order valence-corrected chi connectivity index (χ2v) is 5.67. The molecule has 1 amide bonds. The van der Waals surface area contributed by atoms with E-state index in [4.69, 9.17) is 0 Å². The SMILES string of the molecule is O=C(c1ccccc1[N+](=O)[O-])N1N=C(C(F)(F)F)CC1(O)c1cccnc1. The topological polar surface area (TPSA) is 109 Å². The molecule has 1 atom stereocenters. The van der Waals surface area contributed by atoms with Crippen LogP contribution in [0.1, 0.15) is 22.3 Å². The van der Waals surface area contributed by atoms with E-state index in [9.17, 15) is 33.2 Å². The fourth-order valence-corrected chi connectivity index (χ4v) is 2.67. The van der Waals surface area contributed by atoms with E-state index >= 15 is 0 Å². The molecular weight excluding hydrogens is 369 g/mol. The number of nitro benzene ring substituents is 1. The van der Waals surface area contributed by atoms with Crippen molar-refractivity contribution >= 4 is 17.3 Å². The first-order valence-electron chi connectivity index (χ1n) is 7.50. The van der Waals surface area contributed by atoms with Crippen LogP contribution >= 0.6 is 0 Å². The van der Waals surface area contributed by atoms with Crippen LogP contribution in [0.4, 0.5) is 18.9 Å². The van der Waals surface area contributed by atoms with Gasteiger partial charge in [0.15, 0.2) is 5.72 Å². The molecule has 1 unspecified atom stereocenters. The van der Waals surface area contributed by atoms with Crippen molar-refractivity contribution in [3.8, 4) is 0 Å². The number of amides is 1. The molecule has 2 aromatic rings. The molecule has 0 spiro atoms. The number of aliphatic hydroxyl groups is 1. The molecule has 1 aromatic carbocycles. The number of rotatable bonds is 3. The Kier molecular flexibility index (Phi) is 4.39. The number of alkyl halides is 3. The minimum atomic E-state index is -4.89. The van der Waals surface area contributed by atoms with Gasteiger partial charge in [0.25, 0.3) is 11.6 Å². The van der Waals surface area contributed by atoms with E-state index in [1.54, 1.807) is 0 Å². The van der Waals surface area contributed by atoms with Crippen molar-refractivity contribution < 1.29 is 28.0 Å². The van der Waals surface area contributed by atoms with E-state index in [2.05, 4.69) is 10.1 Å². The summed E-state index contributed by atoms with van der Waals surface area (Å²) in [5, 5.41) is 25.5. The van der Waals surface area contributed by atoms with Gasteiger partial charge in [-0.2, -0.15) is 23.3 Å². The van der Waals surface area contributed by atoms with Crippen LogP contribution < -0.4 is 0 Å². The van der Waals surface area contributed by atoms with Crippen molar-refractivity contribution in [3.63, 3.8) is 0 Å². The number of aromatic nitrogens is 1. The van der Waals surface area contributed by atoms with Gasteiger partial charge in [-0.1, -0.05) is 18.2 Å². The first-order valence-corrected chi connectivity index (χ1v) is 7.50. The number of carbonyl (C=O) groups excluding carboxylic acids is 1. The molecule has 140 valence electrons. The van der Waals surface area contributed by atoms with E-state index in [0.717, 1.165) is 18.3 Å². The molecule has 27 heavy (non-hydrogen) atoms. The highest BCUT2D eigenvalue weighted by Crippen LogP contribution is 2.40. The Balaban J connectivity index is 2.13. The van der Waals surface area contributed by atoms with Gasteiger partial charge in [-0.15, -0.1) is 0 Å². The van der Waals surface area contributed by atoms with Gasteiger partial charge in [0.1, 0.15) is 11.3 Å². The third-order valence-corrected chi connectivity index (χ3v) is 3.96. The Bertz CT molecular complexity index is 933. The average Bonchev–Trinajstić information content (AvgIpc) is 3.01. The van der Waals surface area contributed by atoms with Crippen LogP contribution in [0.15, 0.2) is 53.9 Å². The van der Waals surface area contributed by atoms with Crippen LogP contribution in [0.2, 0.25) is 0 Å². The highest BCUT2D eigenvalue weighted by molar-refractivity contribution is 6.02. The molecule has 0 saturated heterocycles. The molecule has 1 aliphatic heterocycles. The maximum Gasteiger partial charge on any atom is 0.431 e. The van der Waals surface area contributed by atoms with Crippen LogP contribution in [0, 0.1) is 10.1 Å². The van der Waals surface area contributed by atoms with Gasteiger partial charge >= 0.3 is 6.18 Å². The minimum absolute atomic E-state index is 0.111. The van der Waals surface area contributed by atoms with E-state index in [1.807, 2.05) is 0 Å². The van der Waals surface area contributed by atoms with Gasteiger partial charge in [-0.05, 0) is 12.1 Å². The van der Waals surface area contributed by atoms with Gasteiger partial charge in [0, 0.05) is 24.0 Å². The number of hydrogen-bond donors (Lipinski definition) is 1. The summed E-state index contributed by atoms with van der Waals surface area (Å²) in [5.41, 5.74) is -5.11. The third-order valence-electron chi connectivity index (χ3n) is 3.96. The van der Waals surface area contributed by atoms with Gasteiger partial charge in [-0.3, -0.25) is 19.9 Å². The molecule has 0 saturated carbocycles. The summed E-state index contributed by atoms with van der Waals surface area (Å²) in [7, 11) is 0. The number of carbonyl (C=O) groups is 1. The maximum absolute atomic E-state index is 13.2. The van der Waals surface area contributed by atoms with Crippen molar-refractivity contribution in [2.75, 3.05) is 0 Å². The summed E-state index contributed by atoms with van der Waals surface area (Å²) < 4.78 is 39.5. The Morgan fingerprint density at radius 2 is 1.96 bits per heavy atom. The number of nitro groups is 1. The van der Waals surface area contributed by atoms with E-state index in [0.29, 0.717) is 0 Å². The fourth-order valence-electron chi connectivity index (χ4n) is 2.67. The molecular formula is C16H11F3N4O4. The lowest BCUT2D eigenvalue weighted by Gasteiger charge is -2.31. The zero-order valence-corrected chi connectivity index (χ0v) is 13.4. The second-order valence-electron chi connectivity index (χ2n) is 5.67. The van der Waals surface area contributed by atoms with E-state index < -0.39 is 46.1 Å². The summed E-state index contributed by atoms with van der Waals surface area (Å²) in [5.74, 6) is -1.24. The van der Waals surface area contributed by atoms with Crippen molar-refractivity contribution in [2.24, 2.45) is 5.10 Å². The normalized spacial score (nSPS) is 19.7. The third kappa shape index (κ3) is 3.24. The van der Waals surface area contributed by atoms with Crippen molar-refractivity contribution in [2.45, 2.75) is 18.3 Å². The molecule has 1 aliphatic rings. The lowest BCUT2D eigenvalue weighted by Crippen LogP contribution is -2.44. The van der Waals surface area contributed by atoms with Crippen LogP contribution in [-0.2, 0) is 5.72 Å². The smallest absolute Gasteiger partial charge is 0.365 e. The van der Waals surface area contributed by atoms with Crippen LogP contribution in [0.5, 0.6) is 0 Å². The molecule has 11 heteroatoms. The largest absolute Gasteiger partial charge is 0.431 e. The summed E-state index contributed by atoms with van der Waals surface area (Å²) in [6, 6.07) is 7.37. The zero-order chi connectivity index (χ0) is 19.8. The highest BCUT2D eigenvalue weighted by atomic mass is 19.4. The lowest BCUT2D eigenvalue weighted by atomic mass is 9.98. The maximum atomic E-state index is 13.2. The molecule has 0 radical (unpaired) electrons. The number of halogens is 3. The predicted molar refractivity (Wildman–Crippen MR) is 85.5 cm³/mol. The molecule has 1 N–H and O–H groups in total. The van der Waals surface area contributed by atoms with Gasteiger partial charge < -0.3 is 5.11 Å². The number of hydrogen-bond acceptors (Lipinski definition) is 6. The minimum Gasteiger partial charge on any atom is -0.365 e. The van der Waals surface area contributed by atoms with Crippen molar-refractivity contribution in [1.29, 1.82) is 0 Å². The van der Waals surface area contributed by atoms with Crippen molar-refractivity contribution in [1.82, 2.24) is 9.99 Å². The number of pyridine rings is 1. The summed E-state index contributed by atoms with van der Waals surface area (Å²) in [4.78, 5) is 26.8. The fraction of sp³-hybridized carbons (Fsp3) is 0.188. The Hall–Kier alpha value is -3.34. The summed E-state index contributed by atoms with van der Waals surface area (Å²) in [6.07, 6.45) is -3.50. The van der Waals surface area contributed by atoms with Gasteiger partial charge in [0.05, 0.1) is 11.3 Å². The van der Waals surface area contributed by atoms with Gasteiger partial charge in [-0.25, -0.2) is 0 Å². The summed E-state index contributed by atoms with van der Waals surface area (Å²) in [6.45, 7) is 0. The number of para-hydroxylation sites is 1. The lowest BCUT2D eigenvalue weighted by molar-refractivity contribution is -0.385. The molecule has 0 aliphatic carbocycles. The number of benzene rings is 1. The first kappa shape index (κ1) is 18.5. The zero-order valence-electron chi connectivity index (χ0n) is 13.4. The Morgan fingerprint density at radius 3 is 2.56 bits per heavy atom. The van der Waals surface area contributed by atoms with Crippen molar-refractivity contribution in [3.05, 3.63) is 70.0 Å². The van der Waals surface area contributed by atoms with E-state index in [-0.39, 0.29) is 10.6 Å². The Labute approximate surface area is 149 Å². The molecule has 8 nitrogen and oxygen atoms in total. The Morgan fingerprint density at radius 1 is 1.26 bits per heavy atom. The van der Waals surface area contributed by atoms with Gasteiger partial charge in [0.2, 0.25) is 0 Å². The van der Waals surface area contributed by atoms with Crippen LogP contribution in [-0.4, -0.2) is 37.8 Å². The standard InChI is InChI=1S/C16H11F3N4O4/c17-16(18,19)13-8-15(25,10-4-3-7-20-9-10)22(21-13)14(24)11-5-1-2-6-12(11)23(26)27/h1-7,9,25H,8H2. The first-order chi connectivity index (χ1) is 12.6. The van der Waals surface area contributed by atoms with Crippen LogP contribution in [0.3, 0.4) is 0 Å². The summed E-state index contributed by atoms with van der Waals surface area (Å²) >= 11 is 0. The highest BCUT2D eigenvalue weighted by Gasteiger charge is 2.53. The molecule has 0 bridgehead atoms. The number of nitrogens with zero attached hydrogens (tertiary/aromatic N) is 4. The quantitative estimate of drug-likeness (QED) is 0.650.